The van der Waals surface area contributed by atoms with E-state index in [1.807, 2.05) is 0 Å². The first kappa shape index (κ1) is 20.3. The molecular weight excluding hydrogens is 423 g/mol. The van der Waals surface area contributed by atoms with Crippen LogP contribution in [0.5, 0.6) is 0 Å². The molecule has 0 aliphatic heterocycles. The van der Waals surface area contributed by atoms with Crippen molar-refractivity contribution in [1.29, 1.82) is 0 Å². The van der Waals surface area contributed by atoms with E-state index < -0.39 is 46.0 Å². The highest BCUT2D eigenvalue weighted by Crippen LogP contribution is 2.52. The smallest absolute Gasteiger partial charge is 0.166 e. The normalized spacial score (nSPS) is 13.5. The number of hydrogen-bond donors (Lipinski definition) is 0. The van der Waals surface area contributed by atoms with Gasteiger partial charge in [-0.2, -0.15) is 39.5 Å². The van der Waals surface area contributed by atoms with Gasteiger partial charge in [0.15, 0.2) is 0 Å². The van der Waals surface area contributed by atoms with Gasteiger partial charge in [-0.05, 0) is 33.0 Å². The minimum absolute atomic E-state index is 0.00377. The van der Waals surface area contributed by atoms with Crippen LogP contribution in [0, 0.1) is 0 Å². The Kier molecular flexibility index (Phi) is 4.24. The monoisotopic (exact) mass is 432 g/mol. The highest BCUT2D eigenvalue weighted by atomic mass is 19.4. The zero-order valence-electron chi connectivity index (χ0n) is 14.6. The summed E-state index contributed by atoms with van der Waals surface area (Å²) in [7, 11) is 0. The third-order valence-corrected chi connectivity index (χ3v) is 4.90. The van der Waals surface area contributed by atoms with Crippen molar-refractivity contribution in [3.8, 4) is 0 Å². The molecule has 0 spiro atoms. The second-order valence-electron chi connectivity index (χ2n) is 6.68. The third-order valence-electron chi connectivity index (χ3n) is 4.90. The summed E-state index contributed by atoms with van der Waals surface area (Å²) in [6, 6.07) is 11.3. The second-order valence-corrected chi connectivity index (χ2v) is 6.68. The average molecular weight is 432 g/mol. The fourth-order valence-electron chi connectivity index (χ4n) is 3.87. The van der Waals surface area contributed by atoms with Crippen LogP contribution in [0.15, 0.2) is 54.6 Å². The van der Waals surface area contributed by atoms with E-state index in [2.05, 4.69) is 0 Å². The summed E-state index contributed by atoms with van der Waals surface area (Å²) in [5, 5.41) is -1.12. The quantitative estimate of drug-likeness (QED) is 0.194. The van der Waals surface area contributed by atoms with E-state index in [9.17, 15) is 39.5 Å². The van der Waals surface area contributed by atoms with Crippen LogP contribution in [0.2, 0.25) is 0 Å². The van der Waals surface area contributed by atoms with Crippen molar-refractivity contribution >= 4 is 32.3 Å². The lowest BCUT2D eigenvalue weighted by molar-refractivity contribution is -0.173. The number of benzene rings is 4. The lowest BCUT2D eigenvalue weighted by Gasteiger charge is -2.24. The van der Waals surface area contributed by atoms with Crippen LogP contribution in [0.25, 0.3) is 32.3 Å². The maximum atomic E-state index is 13.9. The molecule has 0 fully saturated rings. The molecule has 156 valence electrons. The molecule has 4 rings (SSSR count). The summed E-state index contributed by atoms with van der Waals surface area (Å²) in [5.74, 6) is 0. The van der Waals surface area contributed by atoms with Crippen molar-refractivity contribution in [2.45, 2.75) is 18.5 Å². The van der Waals surface area contributed by atoms with Crippen molar-refractivity contribution in [2.24, 2.45) is 0 Å². The molecule has 9 heteroatoms. The summed E-state index contributed by atoms with van der Waals surface area (Å²) in [6.07, 6.45) is -17.2. The number of alkyl halides is 9. The molecule has 0 saturated carbocycles. The Labute approximate surface area is 162 Å². The van der Waals surface area contributed by atoms with Crippen LogP contribution in [0.3, 0.4) is 0 Å². The largest absolute Gasteiger partial charge is 0.417 e. The van der Waals surface area contributed by atoms with Gasteiger partial charge < -0.3 is 0 Å². The van der Waals surface area contributed by atoms with E-state index in [0.717, 1.165) is 0 Å². The molecule has 0 saturated heterocycles. The number of hydrogen-bond acceptors (Lipinski definition) is 0. The lowest BCUT2D eigenvalue weighted by atomic mass is 9.86. The molecule has 0 amide bonds. The fourth-order valence-corrected chi connectivity index (χ4v) is 3.87. The van der Waals surface area contributed by atoms with Gasteiger partial charge in [0, 0.05) is 5.39 Å². The highest BCUT2D eigenvalue weighted by Gasteiger charge is 2.51. The summed E-state index contributed by atoms with van der Waals surface area (Å²) >= 11 is 0. The summed E-state index contributed by atoms with van der Waals surface area (Å²) in [6.45, 7) is 0. The van der Waals surface area contributed by atoms with Gasteiger partial charge in [0.25, 0.3) is 0 Å². The van der Waals surface area contributed by atoms with Crippen molar-refractivity contribution in [3.63, 3.8) is 0 Å². The molecule has 0 aliphatic rings. The van der Waals surface area contributed by atoms with Crippen LogP contribution >= 0.6 is 0 Å². The van der Waals surface area contributed by atoms with Gasteiger partial charge in [0.05, 0.1) is 16.7 Å². The lowest BCUT2D eigenvalue weighted by Crippen LogP contribution is -2.23. The van der Waals surface area contributed by atoms with Crippen LogP contribution in [-0.4, -0.2) is 0 Å². The van der Waals surface area contributed by atoms with E-state index in [1.165, 1.54) is 42.5 Å². The van der Waals surface area contributed by atoms with E-state index in [-0.39, 0.29) is 22.2 Å². The topological polar surface area (TPSA) is 0 Å². The minimum Gasteiger partial charge on any atom is -0.166 e. The van der Waals surface area contributed by atoms with Crippen molar-refractivity contribution in [3.05, 3.63) is 71.3 Å². The van der Waals surface area contributed by atoms with Crippen LogP contribution in [-0.2, 0) is 18.5 Å². The first-order valence-corrected chi connectivity index (χ1v) is 8.43. The molecule has 0 aliphatic carbocycles. The van der Waals surface area contributed by atoms with Crippen LogP contribution < -0.4 is 0 Å². The molecule has 4 aromatic rings. The molecular formula is C21H9F9. The van der Waals surface area contributed by atoms with E-state index >= 15 is 0 Å². The van der Waals surface area contributed by atoms with Gasteiger partial charge in [-0.15, -0.1) is 0 Å². The predicted molar refractivity (Wildman–Crippen MR) is 94.0 cm³/mol. The molecule has 0 radical (unpaired) electrons. The molecule has 0 bridgehead atoms. The highest BCUT2D eigenvalue weighted by molar-refractivity contribution is 6.26. The van der Waals surface area contributed by atoms with Gasteiger partial charge in [-0.1, -0.05) is 48.5 Å². The molecule has 4 aromatic carbocycles. The Hall–Kier alpha value is -2.97. The molecule has 0 heterocycles. The number of fused-ring (bicyclic) bond motifs is 6. The van der Waals surface area contributed by atoms with Crippen molar-refractivity contribution < 1.29 is 39.5 Å². The van der Waals surface area contributed by atoms with Gasteiger partial charge in [0.1, 0.15) is 0 Å². The Morgan fingerprint density at radius 3 is 1.27 bits per heavy atom. The Balaban J connectivity index is 2.46. The standard InChI is InChI=1S/C21H9F9/c22-19(23,24)15-9-14-12-7-2-1-5-10(12)11-6-3-4-8-13(11)16(14)18(21(28,29)30)17(15)20(25,26)27/h1-9H. The van der Waals surface area contributed by atoms with E-state index in [1.54, 1.807) is 6.07 Å². The molecule has 30 heavy (non-hydrogen) atoms. The van der Waals surface area contributed by atoms with E-state index in [4.69, 9.17) is 0 Å². The van der Waals surface area contributed by atoms with Gasteiger partial charge in [-0.3, -0.25) is 0 Å². The Morgan fingerprint density at radius 1 is 0.433 bits per heavy atom. The second kappa shape index (κ2) is 6.26. The molecule has 0 unspecified atom stereocenters. The fraction of sp³-hybridized carbons (Fsp3) is 0.143. The number of halogens is 9. The van der Waals surface area contributed by atoms with Gasteiger partial charge >= 0.3 is 18.5 Å². The molecule has 0 aromatic heterocycles. The SMILES string of the molecule is FC(F)(F)c1cc2c3ccccc3c3ccccc3c2c(C(F)(F)F)c1C(F)(F)F. The van der Waals surface area contributed by atoms with E-state index in [0.29, 0.717) is 5.39 Å². The van der Waals surface area contributed by atoms with Crippen LogP contribution in [0.4, 0.5) is 39.5 Å². The van der Waals surface area contributed by atoms with Crippen molar-refractivity contribution in [1.82, 2.24) is 0 Å². The predicted octanol–water partition coefficient (Wildman–Crippen LogP) is 8.20. The van der Waals surface area contributed by atoms with Gasteiger partial charge in [-0.25, -0.2) is 0 Å². The zero-order valence-corrected chi connectivity index (χ0v) is 14.6. The molecule has 0 atom stereocenters. The Bertz CT molecular complexity index is 1290. The van der Waals surface area contributed by atoms with Gasteiger partial charge in [0.2, 0.25) is 0 Å². The zero-order chi connectivity index (χ0) is 22.1. The molecule has 0 N–H and O–H groups in total. The molecule has 0 nitrogen and oxygen atoms in total. The average Bonchev–Trinajstić information content (AvgIpc) is 2.64. The maximum Gasteiger partial charge on any atom is 0.417 e. The van der Waals surface area contributed by atoms with Crippen molar-refractivity contribution in [2.75, 3.05) is 0 Å². The third kappa shape index (κ3) is 3.03. The van der Waals surface area contributed by atoms with Crippen LogP contribution in [0.1, 0.15) is 16.7 Å². The summed E-state index contributed by atoms with van der Waals surface area (Å²) in [5.41, 5.74) is -7.42. The number of rotatable bonds is 0. The first-order valence-electron chi connectivity index (χ1n) is 8.43. The summed E-state index contributed by atoms with van der Waals surface area (Å²) < 4.78 is 123. The Morgan fingerprint density at radius 2 is 0.833 bits per heavy atom. The minimum atomic E-state index is -5.88. The first-order chi connectivity index (χ1) is 13.8. The summed E-state index contributed by atoms with van der Waals surface area (Å²) in [4.78, 5) is 0. The maximum absolute atomic E-state index is 13.9.